The van der Waals surface area contributed by atoms with E-state index in [0.717, 1.165) is 0 Å². The lowest BCUT2D eigenvalue weighted by atomic mass is 10.1. The van der Waals surface area contributed by atoms with Crippen molar-refractivity contribution >= 4 is 8.07 Å². The molecule has 2 aromatic rings. The Kier molecular flexibility index (Phi) is 2.86. The topological polar surface area (TPSA) is 0 Å². The lowest BCUT2D eigenvalue weighted by Crippen LogP contribution is -2.44. The molecule has 1 heteroatoms. The third-order valence-corrected chi connectivity index (χ3v) is 11.1. The molecule has 0 saturated heterocycles. The Morgan fingerprint density at radius 3 is 1.73 bits per heavy atom. The van der Waals surface area contributed by atoms with Crippen molar-refractivity contribution in [3.8, 4) is 11.1 Å². The van der Waals surface area contributed by atoms with E-state index in [2.05, 4.69) is 92.9 Å². The van der Waals surface area contributed by atoms with Crippen molar-refractivity contribution < 1.29 is 0 Å². The molecule has 0 atom stereocenters. The van der Waals surface area contributed by atoms with Crippen LogP contribution in [0.3, 0.4) is 0 Å². The molecule has 2 aliphatic carbocycles. The number of hydrogen-bond acceptors (Lipinski definition) is 0. The number of rotatable bonds is 2. The van der Waals surface area contributed by atoms with E-state index in [1.165, 1.54) is 22.3 Å². The van der Waals surface area contributed by atoms with Gasteiger partial charge in [-0.3, -0.25) is 0 Å². The fourth-order valence-electron chi connectivity index (χ4n) is 4.24. The molecule has 22 heavy (non-hydrogen) atoms. The molecular formula is C21H22Si. The zero-order chi connectivity index (χ0) is 15.4. The second kappa shape index (κ2) is 4.56. The summed E-state index contributed by atoms with van der Waals surface area (Å²) in [6.45, 7) is 7.52. The van der Waals surface area contributed by atoms with Crippen molar-refractivity contribution in [3.63, 3.8) is 0 Å². The van der Waals surface area contributed by atoms with Gasteiger partial charge in [-0.05, 0) is 27.3 Å². The van der Waals surface area contributed by atoms with Gasteiger partial charge in [0.1, 0.15) is 0 Å². The van der Waals surface area contributed by atoms with Gasteiger partial charge in [0.2, 0.25) is 0 Å². The normalized spacial score (nSPS) is 18.5. The maximum Gasteiger partial charge on any atom is 0.0749 e. The second-order valence-electron chi connectivity index (χ2n) is 7.33. The summed E-state index contributed by atoms with van der Waals surface area (Å²) in [5.41, 5.74) is 6.53. The molecule has 0 bridgehead atoms. The highest BCUT2D eigenvalue weighted by atomic mass is 28.3. The Hall–Kier alpha value is -1.86. The lowest BCUT2D eigenvalue weighted by Gasteiger charge is -2.43. The molecule has 0 radical (unpaired) electrons. The summed E-state index contributed by atoms with van der Waals surface area (Å²) in [5, 5.41) is 0.224. The van der Waals surface area contributed by atoms with Crippen LogP contribution in [-0.2, 0) is 0 Å². The van der Waals surface area contributed by atoms with Crippen molar-refractivity contribution in [3.05, 3.63) is 84.0 Å². The van der Waals surface area contributed by atoms with Crippen molar-refractivity contribution in [2.24, 2.45) is 0 Å². The minimum atomic E-state index is -1.64. The van der Waals surface area contributed by atoms with E-state index in [4.69, 9.17) is 0 Å². The number of fused-ring (bicyclic) bond motifs is 3. The first-order valence-corrected chi connectivity index (χ1v) is 11.2. The standard InChI is InChI=1S/C21H22Si/c1-21(14-8-9-15-21)22(2,3)20-18-12-6-4-10-16(18)17-11-5-7-13-19(17)20/h4-15,20H,1-3H3. The van der Waals surface area contributed by atoms with E-state index >= 15 is 0 Å². The third kappa shape index (κ3) is 1.69. The number of hydrogen-bond donors (Lipinski definition) is 0. The molecular weight excluding hydrogens is 280 g/mol. The Morgan fingerprint density at radius 2 is 1.23 bits per heavy atom. The summed E-state index contributed by atoms with van der Waals surface area (Å²) in [6, 6.07) is 18.0. The Bertz CT molecular complexity index is 738. The quantitative estimate of drug-likeness (QED) is 0.603. The number of allylic oxidation sites excluding steroid dienone is 4. The first-order valence-electron chi connectivity index (χ1n) is 8.10. The Balaban J connectivity index is 1.96. The van der Waals surface area contributed by atoms with E-state index in [1.54, 1.807) is 0 Å². The van der Waals surface area contributed by atoms with E-state index in [0.29, 0.717) is 5.54 Å². The Labute approximate surface area is 134 Å². The minimum Gasteiger partial charge on any atom is -0.0776 e. The van der Waals surface area contributed by atoms with Gasteiger partial charge < -0.3 is 0 Å². The highest BCUT2D eigenvalue weighted by molar-refractivity contribution is 6.83. The van der Waals surface area contributed by atoms with Gasteiger partial charge in [0.25, 0.3) is 0 Å². The Morgan fingerprint density at radius 1 is 0.773 bits per heavy atom. The van der Waals surface area contributed by atoms with Crippen LogP contribution in [0.25, 0.3) is 11.1 Å². The second-order valence-corrected chi connectivity index (χ2v) is 12.4. The van der Waals surface area contributed by atoms with E-state index < -0.39 is 8.07 Å². The molecule has 0 unspecified atom stereocenters. The molecule has 2 aliphatic rings. The predicted molar refractivity (Wildman–Crippen MR) is 97.9 cm³/mol. The van der Waals surface area contributed by atoms with Crippen LogP contribution in [0.15, 0.2) is 72.8 Å². The van der Waals surface area contributed by atoms with Crippen LogP contribution in [0.1, 0.15) is 23.6 Å². The van der Waals surface area contributed by atoms with E-state index in [1.807, 2.05) is 0 Å². The summed E-state index contributed by atoms with van der Waals surface area (Å²) < 4.78 is 0. The van der Waals surface area contributed by atoms with Crippen LogP contribution in [0.5, 0.6) is 0 Å². The molecule has 0 saturated carbocycles. The van der Waals surface area contributed by atoms with Crippen LogP contribution >= 0.6 is 0 Å². The van der Waals surface area contributed by atoms with E-state index in [-0.39, 0.29) is 5.04 Å². The maximum absolute atomic E-state index is 2.55. The van der Waals surface area contributed by atoms with Gasteiger partial charge in [-0.2, -0.15) is 0 Å². The maximum atomic E-state index is 2.55. The average molecular weight is 302 g/mol. The summed E-state index contributed by atoms with van der Waals surface area (Å²) in [5.74, 6) is 0. The first-order chi connectivity index (χ1) is 10.5. The molecule has 0 nitrogen and oxygen atoms in total. The van der Waals surface area contributed by atoms with Gasteiger partial charge in [-0.1, -0.05) is 92.9 Å². The molecule has 0 fully saturated rings. The molecule has 0 N–H and O–H groups in total. The largest absolute Gasteiger partial charge is 0.0776 e. The predicted octanol–water partition coefficient (Wildman–Crippen LogP) is 5.93. The SMILES string of the molecule is CC1([Si](C)(C)C2c3ccccc3-c3ccccc32)C=CC=C1. The molecule has 0 spiro atoms. The van der Waals surface area contributed by atoms with Crippen molar-refractivity contribution in [1.29, 1.82) is 0 Å². The number of benzene rings is 2. The average Bonchev–Trinajstić information content (AvgIpc) is 3.10. The summed E-state index contributed by atoms with van der Waals surface area (Å²) in [4.78, 5) is 0. The highest BCUT2D eigenvalue weighted by Gasteiger charge is 2.49. The minimum absolute atomic E-state index is 0.224. The van der Waals surface area contributed by atoms with Crippen LogP contribution in [0.2, 0.25) is 18.1 Å². The van der Waals surface area contributed by atoms with E-state index in [9.17, 15) is 0 Å². The fraction of sp³-hybridized carbons (Fsp3) is 0.238. The molecule has 0 aromatic heterocycles. The highest BCUT2D eigenvalue weighted by Crippen LogP contribution is 2.57. The summed E-state index contributed by atoms with van der Waals surface area (Å²) in [6.07, 6.45) is 9.29. The lowest BCUT2D eigenvalue weighted by molar-refractivity contribution is 0.877. The molecule has 110 valence electrons. The zero-order valence-corrected chi connectivity index (χ0v) is 14.5. The summed E-state index contributed by atoms with van der Waals surface area (Å²) >= 11 is 0. The fourth-order valence-corrected chi connectivity index (χ4v) is 7.97. The van der Waals surface area contributed by atoms with Crippen molar-refractivity contribution in [1.82, 2.24) is 0 Å². The van der Waals surface area contributed by atoms with Gasteiger partial charge in [0.05, 0.1) is 8.07 Å². The molecule has 0 aliphatic heterocycles. The van der Waals surface area contributed by atoms with Gasteiger partial charge >= 0.3 is 0 Å². The summed E-state index contributed by atoms with van der Waals surface area (Å²) in [7, 11) is -1.64. The molecule has 0 heterocycles. The van der Waals surface area contributed by atoms with Gasteiger partial charge in [-0.25, -0.2) is 0 Å². The van der Waals surface area contributed by atoms with Crippen LogP contribution in [0, 0.1) is 0 Å². The third-order valence-electron chi connectivity index (χ3n) is 5.94. The smallest absolute Gasteiger partial charge is 0.0749 e. The molecule has 2 aromatic carbocycles. The van der Waals surface area contributed by atoms with Crippen LogP contribution in [-0.4, -0.2) is 8.07 Å². The monoisotopic (exact) mass is 302 g/mol. The zero-order valence-electron chi connectivity index (χ0n) is 13.5. The van der Waals surface area contributed by atoms with Crippen molar-refractivity contribution in [2.75, 3.05) is 0 Å². The van der Waals surface area contributed by atoms with Gasteiger partial charge in [0, 0.05) is 5.54 Å². The van der Waals surface area contributed by atoms with Gasteiger partial charge in [0.15, 0.2) is 0 Å². The van der Waals surface area contributed by atoms with Crippen LogP contribution in [0.4, 0.5) is 0 Å². The molecule has 0 amide bonds. The van der Waals surface area contributed by atoms with Crippen LogP contribution < -0.4 is 0 Å². The van der Waals surface area contributed by atoms with Gasteiger partial charge in [-0.15, -0.1) is 0 Å². The first kappa shape index (κ1) is 13.8. The van der Waals surface area contributed by atoms with Crippen molar-refractivity contribution in [2.45, 2.75) is 30.6 Å². The molecule has 4 rings (SSSR count).